The fraction of sp³-hybridized carbons (Fsp3) is 0.625. The summed E-state index contributed by atoms with van der Waals surface area (Å²) in [5, 5.41) is 0. The summed E-state index contributed by atoms with van der Waals surface area (Å²) in [4.78, 5) is 43.6. The van der Waals surface area contributed by atoms with E-state index in [1.165, 1.54) is 0 Å². The van der Waals surface area contributed by atoms with Crippen molar-refractivity contribution >= 4 is 17.7 Å². The first-order valence-electron chi connectivity index (χ1n) is 11.5. The summed E-state index contributed by atoms with van der Waals surface area (Å²) < 4.78 is 5.32. The van der Waals surface area contributed by atoms with E-state index in [-0.39, 0.29) is 23.6 Å². The van der Waals surface area contributed by atoms with Crippen LogP contribution in [0.15, 0.2) is 24.3 Å². The lowest BCUT2D eigenvalue weighted by molar-refractivity contribution is -0.139. The summed E-state index contributed by atoms with van der Waals surface area (Å²) in [5.74, 6) is 0.534. The van der Waals surface area contributed by atoms with E-state index in [4.69, 9.17) is 4.74 Å². The highest BCUT2D eigenvalue weighted by atomic mass is 16.5. The second-order valence-electron chi connectivity index (χ2n) is 9.06. The molecule has 3 amide bonds. The molecule has 0 radical (unpaired) electrons. The SMILES string of the molecule is Cc1ccccc1CC(=O)N1CCC(CN2CC(C(=O)N3CCOCC3)CC2=O)CC1. The first-order valence-corrected chi connectivity index (χ1v) is 11.5. The number of carbonyl (C=O) groups is 3. The number of rotatable bonds is 5. The van der Waals surface area contributed by atoms with Crippen molar-refractivity contribution in [2.24, 2.45) is 11.8 Å². The molecule has 0 spiro atoms. The number of likely N-dealkylation sites (tertiary alicyclic amines) is 2. The Labute approximate surface area is 184 Å². The van der Waals surface area contributed by atoms with E-state index in [1.807, 2.05) is 45.9 Å². The number of benzene rings is 1. The lowest BCUT2D eigenvalue weighted by Gasteiger charge is -2.34. The van der Waals surface area contributed by atoms with E-state index < -0.39 is 0 Å². The van der Waals surface area contributed by atoms with Crippen LogP contribution in [0.4, 0.5) is 0 Å². The van der Waals surface area contributed by atoms with E-state index in [0.29, 0.717) is 58.2 Å². The molecule has 0 N–H and O–H groups in total. The lowest BCUT2D eigenvalue weighted by atomic mass is 9.95. The van der Waals surface area contributed by atoms with Gasteiger partial charge in [0.15, 0.2) is 0 Å². The molecule has 0 saturated carbocycles. The van der Waals surface area contributed by atoms with Crippen molar-refractivity contribution in [1.29, 1.82) is 0 Å². The molecule has 1 aromatic rings. The molecule has 0 aromatic heterocycles. The maximum Gasteiger partial charge on any atom is 0.228 e. The second kappa shape index (κ2) is 9.81. The Kier molecular flexibility index (Phi) is 6.90. The summed E-state index contributed by atoms with van der Waals surface area (Å²) in [6.45, 7) is 7.17. The number of morpholine rings is 1. The van der Waals surface area contributed by atoms with Gasteiger partial charge in [-0.15, -0.1) is 0 Å². The van der Waals surface area contributed by atoms with Crippen LogP contribution in [0.25, 0.3) is 0 Å². The molecule has 4 rings (SSSR count). The molecule has 168 valence electrons. The largest absolute Gasteiger partial charge is 0.378 e. The molecule has 3 aliphatic heterocycles. The number of hydrogen-bond donors (Lipinski definition) is 0. The Bertz CT molecular complexity index is 813. The molecular formula is C24H33N3O4. The van der Waals surface area contributed by atoms with Crippen LogP contribution in [0, 0.1) is 18.8 Å². The number of nitrogens with zero attached hydrogens (tertiary/aromatic N) is 3. The van der Waals surface area contributed by atoms with Crippen LogP contribution in [0.3, 0.4) is 0 Å². The standard InChI is InChI=1S/C24H33N3O4/c1-18-4-2-3-5-20(18)14-22(28)25-8-6-19(7-9-25)16-27-17-21(15-23(27)29)24(30)26-10-12-31-13-11-26/h2-5,19,21H,6-17H2,1H3. The van der Waals surface area contributed by atoms with E-state index in [0.717, 1.165) is 37.1 Å². The van der Waals surface area contributed by atoms with Crippen molar-refractivity contribution in [2.45, 2.75) is 32.6 Å². The van der Waals surface area contributed by atoms with Crippen molar-refractivity contribution in [2.75, 3.05) is 52.5 Å². The molecule has 31 heavy (non-hydrogen) atoms. The number of amides is 3. The number of hydrogen-bond acceptors (Lipinski definition) is 4. The number of piperidine rings is 1. The van der Waals surface area contributed by atoms with Crippen LogP contribution >= 0.6 is 0 Å². The predicted octanol–water partition coefficient (Wildman–Crippen LogP) is 1.48. The van der Waals surface area contributed by atoms with Gasteiger partial charge in [0.05, 0.1) is 25.6 Å². The molecular weight excluding hydrogens is 394 g/mol. The minimum atomic E-state index is -0.221. The topological polar surface area (TPSA) is 70.2 Å². The summed E-state index contributed by atoms with van der Waals surface area (Å²) in [5.41, 5.74) is 2.24. The maximum atomic E-state index is 12.7. The Morgan fingerprint density at radius 1 is 1.03 bits per heavy atom. The highest BCUT2D eigenvalue weighted by molar-refractivity contribution is 5.89. The Morgan fingerprint density at radius 2 is 1.74 bits per heavy atom. The zero-order valence-electron chi connectivity index (χ0n) is 18.4. The van der Waals surface area contributed by atoms with Gasteiger partial charge in [0, 0.05) is 45.7 Å². The second-order valence-corrected chi connectivity index (χ2v) is 9.06. The van der Waals surface area contributed by atoms with Crippen molar-refractivity contribution in [1.82, 2.24) is 14.7 Å². The van der Waals surface area contributed by atoms with Gasteiger partial charge in [0.25, 0.3) is 0 Å². The number of ether oxygens (including phenoxy) is 1. The highest BCUT2D eigenvalue weighted by Gasteiger charge is 2.38. The molecule has 7 nitrogen and oxygen atoms in total. The normalized spacial score (nSPS) is 22.8. The first-order chi connectivity index (χ1) is 15.0. The molecule has 0 bridgehead atoms. The van der Waals surface area contributed by atoms with Crippen molar-refractivity contribution in [3.05, 3.63) is 35.4 Å². The third-order valence-corrected chi connectivity index (χ3v) is 6.94. The molecule has 0 aliphatic carbocycles. The zero-order valence-corrected chi connectivity index (χ0v) is 18.4. The Hall–Kier alpha value is -2.41. The number of carbonyl (C=O) groups excluding carboxylic acids is 3. The van der Waals surface area contributed by atoms with Gasteiger partial charge in [-0.1, -0.05) is 24.3 Å². The minimum absolute atomic E-state index is 0.0877. The summed E-state index contributed by atoms with van der Waals surface area (Å²) >= 11 is 0. The molecule has 7 heteroatoms. The smallest absolute Gasteiger partial charge is 0.228 e. The maximum absolute atomic E-state index is 12.7. The lowest BCUT2D eigenvalue weighted by Crippen LogP contribution is -2.45. The highest BCUT2D eigenvalue weighted by Crippen LogP contribution is 2.25. The third-order valence-electron chi connectivity index (χ3n) is 6.94. The van der Waals surface area contributed by atoms with Gasteiger partial charge in [0.1, 0.15) is 0 Å². The van der Waals surface area contributed by atoms with Gasteiger partial charge in [0.2, 0.25) is 17.7 Å². The third kappa shape index (κ3) is 5.26. The molecule has 3 aliphatic rings. The van der Waals surface area contributed by atoms with Crippen molar-refractivity contribution < 1.29 is 19.1 Å². The minimum Gasteiger partial charge on any atom is -0.378 e. The van der Waals surface area contributed by atoms with Crippen LogP contribution in [0.1, 0.15) is 30.4 Å². The van der Waals surface area contributed by atoms with Gasteiger partial charge in [-0.2, -0.15) is 0 Å². The quantitative estimate of drug-likeness (QED) is 0.714. The summed E-state index contributed by atoms with van der Waals surface area (Å²) in [7, 11) is 0. The van der Waals surface area contributed by atoms with Crippen molar-refractivity contribution in [3.63, 3.8) is 0 Å². The predicted molar refractivity (Wildman–Crippen MR) is 116 cm³/mol. The van der Waals surface area contributed by atoms with Crippen LogP contribution in [0.5, 0.6) is 0 Å². The molecule has 3 saturated heterocycles. The zero-order chi connectivity index (χ0) is 21.8. The van der Waals surface area contributed by atoms with Gasteiger partial charge in [-0.3, -0.25) is 14.4 Å². The van der Waals surface area contributed by atoms with Gasteiger partial charge in [-0.25, -0.2) is 0 Å². The van der Waals surface area contributed by atoms with Gasteiger partial charge >= 0.3 is 0 Å². The fourth-order valence-electron chi connectivity index (χ4n) is 4.92. The average Bonchev–Trinajstić information content (AvgIpc) is 3.16. The average molecular weight is 428 g/mol. The monoisotopic (exact) mass is 427 g/mol. The summed E-state index contributed by atoms with van der Waals surface area (Å²) in [6.07, 6.45) is 2.59. The van der Waals surface area contributed by atoms with Crippen LogP contribution < -0.4 is 0 Å². The molecule has 3 heterocycles. The molecule has 3 fully saturated rings. The molecule has 1 unspecified atom stereocenters. The van der Waals surface area contributed by atoms with Gasteiger partial charge in [-0.05, 0) is 36.8 Å². The van der Waals surface area contributed by atoms with E-state index in [2.05, 4.69) is 0 Å². The Morgan fingerprint density at radius 3 is 2.45 bits per heavy atom. The van der Waals surface area contributed by atoms with E-state index in [9.17, 15) is 14.4 Å². The van der Waals surface area contributed by atoms with Crippen LogP contribution in [-0.4, -0.2) is 84.9 Å². The summed E-state index contributed by atoms with van der Waals surface area (Å²) in [6, 6.07) is 8.03. The number of aryl methyl sites for hydroxylation is 1. The van der Waals surface area contributed by atoms with E-state index >= 15 is 0 Å². The fourth-order valence-corrected chi connectivity index (χ4v) is 4.92. The van der Waals surface area contributed by atoms with Crippen molar-refractivity contribution in [3.8, 4) is 0 Å². The first kappa shape index (κ1) is 21.8. The van der Waals surface area contributed by atoms with Crippen LogP contribution in [-0.2, 0) is 25.5 Å². The van der Waals surface area contributed by atoms with Gasteiger partial charge < -0.3 is 19.4 Å². The molecule has 1 atom stereocenters. The molecule has 1 aromatic carbocycles. The van der Waals surface area contributed by atoms with Crippen LogP contribution in [0.2, 0.25) is 0 Å². The van der Waals surface area contributed by atoms with E-state index in [1.54, 1.807) is 0 Å². The Balaban J connectivity index is 1.23.